The number of amides is 1. The lowest BCUT2D eigenvalue weighted by molar-refractivity contribution is -0.133. The van der Waals surface area contributed by atoms with Gasteiger partial charge in [-0.1, -0.05) is 20.8 Å². The molecular weight excluding hydrogens is 246 g/mol. The summed E-state index contributed by atoms with van der Waals surface area (Å²) in [6.07, 6.45) is 2.61. The zero-order valence-corrected chi connectivity index (χ0v) is 12.1. The molecule has 108 valence electrons. The van der Waals surface area contributed by atoms with Crippen LogP contribution in [0.1, 0.15) is 47.0 Å². The molecule has 19 heavy (non-hydrogen) atoms. The second-order valence-corrected chi connectivity index (χ2v) is 5.20. The molecule has 0 saturated carbocycles. The fourth-order valence-electron chi connectivity index (χ4n) is 1.24. The van der Waals surface area contributed by atoms with Gasteiger partial charge in [-0.25, -0.2) is 4.79 Å². The van der Waals surface area contributed by atoms with E-state index in [-0.39, 0.29) is 23.7 Å². The fraction of sp³-hybridized carbons (Fsp3) is 0.643. The third kappa shape index (κ3) is 6.74. The van der Waals surface area contributed by atoms with Crippen molar-refractivity contribution < 1.29 is 19.5 Å². The Balaban J connectivity index is 4.00. The molecule has 1 amide bonds. The normalized spacial score (nSPS) is 12.1. The van der Waals surface area contributed by atoms with E-state index in [9.17, 15) is 14.4 Å². The highest BCUT2D eigenvalue weighted by molar-refractivity contribution is 5.98. The van der Waals surface area contributed by atoms with Crippen molar-refractivity contribution in [1.82, 2.24) is 5.32 Å². The average molecular weight is 269 g/mol. The van der Waals surface area contributed by atoms with Crippen LogP contribution in [0.3, 0.4) is 0 Å². The Labute approximate surface area is 114 Å². The third-order valence-electron chi connectivity index (χ3n) is 3.10. The SMILES string of the molecule is CCC(C)(C)C(=O)NCCCC(=O)/C=C(/C)C(=O)O. The maximum atomic E-state index is 11.7. The summed E-state index contributed by atoms with van der Waals surface area (Å²) in [7, 11) is 0. The maximum absolute atomic E-state index is 11.7. The molecule has 0 heterocycles. The summed E-state index contributed by atoms with van der Waals surface area (Å²) < 4.78 is 0. The highest BCUT2D eigenvalue weighted by Crippen LogP contribution is 2.19. The van der Waals surface area contributed by atoms with Crippen LogP contribution in [0.4, 0.5) is 0 Å². The Kier molecular flexibility index (Phi) is 7.04. The largest absolute Gasteiger partial charge is 0.478 e. The molecule has 0 aliphatic rings. The lowest BCUT2D eigenvalue weighted by atomic mass is 9.89. The maximum Gasteiger partial charge on any atom is 0.331 e. The first-order valence-electron chi connectivity index (χ1n) is 6.43. The minimum absolute atomic E-state index is 0.0280. The number of hydrogen-bond acceptors (Lipinski definition) is 3. The van der Waals surface area contributed by atoms with Gasteiger partial charge in [0.15, 0.2) is 5.78 Å². The molecular formula is C14H23NO4. The number of rotatable bonds is 8. The number of aliphatic carboxylic acids is 1. The van der Waals surface area contributed by atoms with Crippen LogP contribution >= 0.6 is 0 Å². The Morgan fingerprint density at radius 3 is 2.32 bits per heavy atom. The predicted molar refractivity (Wildman–Crippen MR) is 72.7 cm³/mol. The third-order valence-corrected chi connectivity index (χ3v) is 3.10. The number of ketones is 1. The molecule has 0 fully saturated rings. The van der Waals surface area contributed by atoms with Gasteiger partial charge in [-0.2, -0.15) is 0 Å². The predicted octanol–water partition coefficient (Wildman–Crippen LogP) is 1.92. The lowest BCUT2D eigenvalue weighted by Crippen LogP contribution is -2.37. The Bertz CT molecular complexity index is 383. The molecule has 2 N–H and O–H groups in total. The standard InChI is InChI=1S/C14H23NO4/c1-5-14(3,4)13(19)15-8-6-7-11(16)9-10(2)12(17)18/h9H,5-8H2,1-4H3,(H,15,19)(H,17,18)/b10-9-. The summed E-state index contributed by atoms with van der Waals surface area (Å²) in [5.74, 6) is -1.35. The lowest BCUT2D eigenvalue weighted by Gasteiger charge is -2.21. The van der Waals surface area contributed by atoms with E-state index in [1.807, 2.05) is 20.8 Å². The number of allylic oxidation sites excluding steroid dienone is 1. The quantitative estimate of drug-likeness (QED) is 0.521. The van der Waals surface area contributed by atoms with E-state index in [1.54, 1.807) is 0 Å². The number of hydrogen-bond donors (Lipinski definition) is 2. The first kappa shape index (κ1) is 17.4. The van der Waals surface area contributed by atoms with Gasteiger partial charge in [0.25, 0.3) is 0 Å². The van der Waals surface area contributed by atoms with E-state index < -0.39 is 11.4 Å². The molecule has 0 aliphatic carbocycles. The number of carbonyl (C=O) groups excluding carboxylic acids is 2. The molecule has 5 nitrogen and oxygen atoms in total. The minimum atomic E-state index is -1.09. The number of carboxylic acid groups (broad SMARTS) is 1. The molecule has 0 spiro atoms. The number of nitrogens with one attached hydrogen (secondary N) is 1. The summed E-state index contributed by atoms with van der Waals surface area (Å²) in [6, 6.07) is 0. The van der Waals surface area contributed by atoms with E-state index in [4.69, 9.17) is 5.11 Å². The molecule has 0 atom stereocenters. The molecule has 0 aromatic heterocycles. The number of carboxylic acids is 1. The van der Waals surface area contributed by atoms with Gasteiger partial charge >= 0.3 is 5.97 Å². The smallest absolute Gasteiger partial charge is 0.331 e. The van der Waals surface area contributed by atoms with Gasteiger partial charge in [0.1, 0.15) is 0 Å². The van der Waals surface area contributed by atoms with Crippen LogP contribution in [0.15, 0.2) is 11.6 Å². The fourth-order valence-corrected chi connectivity index (χ4v) is 1.24. The minimum Gasteiger partial charge on any atom is -0.478 e. The van der Waals surface area contributed by atoms with Crippen LogP contribution in [-0.4, -0.2) is 29.3 Å². The summed E-state index contributed by atoms with van der Waals surface area (Å²) in [5, 5.41) is 11.4. The topological polar surface area (TPSA) is 83.5 Å². The van der Waals surface area contributed by atoms with Crippen molar-refractivity contribution in [2.45, 2.75) is 47.0 Å². The molecule has 0 radical (unpaired) electrons. The molecule has 0 aromatic rings. The molecule has 0 bridgehead atoms. The second-order valence-electron chi connectivity index (χ2n) is 5.20. The van der Waals surface area contributed by atoms with Gasteiger partial charge in [0.05, 0.1) is 0 Å². The van der Waals surface area contributed by atoms with Gasteiger partial charge in [-0.05, 0) is 25.8 Å². The van der Waals surface area contributed by atoms with Crippen molar-refractivity contribution >= 4 is 17.7 Å². The highest BCUT2D eigenvalue weighted by Gasteiger charge is 2.24. The van der Waals surface area contributed by atoms with E-state index in [0.29, 0.717) is 13.0 Å². The summed E-state index contributed by atoms with van der Waals surface area (Å²) in [4.78, 5) is 33.6. The van der Waals surface area contributed by atoms with Crippen molar-refractivity contribution in [3.8, 4) is 0 Å². The van der Waals surface area contributed by atoms with Crippen LogP contribution in [0, 0.1) is 5.41 Å². The zero-order valence-electron chi connectivity index (χ0n) is 12.1. The van der Waals surface area contributed by atoms with Crippen LogP contribution < -0.4 is 5.32 Å². The summed E-state index contributed by atoms with van der Waals surface area (Å²) >= 11 is 0. The average Bonchev–Trinajstić information content (AvgIpc) is 2.33. The Morgan fingerprint density at radius 2 is 1.84 bits per heavy atom. The van der Waals surface area contributed by atoms with E-state index in [1.165, 1.54) is 6.92 Å². The van der Waals surface area contributed by atoms with Crippen molar-refractivity contribution in [3.05, 3.63) is 11.6 Å². The Morgan fingerprint density at radius 1 is 1.26 bits per heavy atom. The molecule has 0 saturated heterocycles. The molecule has 0 aromatic carbocycles. The van der Waals surface area contributed by atoms with Gasteiger partial charge in [-0.3, -0.25) is 9.59 Å². The highest BCUT2D eigenvalue weighted by atomic mass is 16.4. The molecule has 5 heteroatoms. The monoisotopic (exact) mass is 269 g/mol. The van der Waals surface area contributed by atoms with Gasteiger partial charge in [-0.15, -0.1) is 0 Å². The van der Waals surface area contributed by atoms with Crippen molar-refractivity contribution in [3.63, 3.8) is 0 Å². The molecule has 0 unspecified atom stereocenters. The molecule has 0 aliphatic heterocycles. The van der Waals surface area contributed by atoms with Gasteiger partial charge < -0.3 is 10.4 Å². The van der Waals surface area contributed by atoms with Crippen LogP contribution in [0.2, 0.25) is 0 Å². The summed E-state index contributed by atoms with van der Waals surface area (Å²) in [6.45, 7) is 7.49. The van der Waals surface area contributed by atoms with Crippen LogP contribution in [-0.2, 0) is 14.4 Å². The van der Waals surface area contributed by atoms with E-state index >= 15 is 0 Å². The van der Waals surface area contributed by atoms with Crippen molar-refractivity contribution in [2.24, 2.45) is 5.41 Å². The van der Waals surface area contributed by atoms with Crippen LogP contribution in [0.5, 0.6) is 0 Å². The van der Waals surface area contributed by atoms with Gasteiger partial charge in [0.2, 0.25) is 5.91 Å². The van der Waals surface area contributed by atoms with Crippen molar-refractivity contribution in [1.29, 1.82) is 0 Å². The first-order chi connectivity index (χ1) is 8.70. The first-order valence-corrected chi connectivity index (χ1v) is 6.43. The van der Waals surface area contributed by atoms with Crippen LogP contribution in [0.25, 0.3) is 0 Å². The summed E-state index contributed by atoms with van der Waals surface area (Å²) in [5.41, 5.74) is -0.370. The van der Waals surface area contributed by atoms with Crippen molar-refractivity contribution in [2.75, 3.05) is 6.54 Å². The Hall–Kier alpha value is -1.65. The van der Waals surface area contributed by atoms with E-state index in [2.05, 4.69) is 5.32 Å². The number of carbonyl (C=O) groups is 3. The zero-order chi connectivity index (χ0) is 15.1. The molecule has 0 rings (SSSR count). The second kappa shape index (κ2) is 7.71. The van der Waals surface area contributed by atoms with Gasteiger partial charge in [0, 0.05) is 24.0 Å². The van der Waals surface area contributed by atoms with E-state index in [0.717, 1.165) is 12.5 Å².